The largest absolute Gasteiger partial charge is 0.380 e. The third-order valence-corrected chi connectivity index (χ3v) is 7.01. The second kappa shape index (κ2) is 6.31. The lowest BCUT2D eigenvalue weighted by molar-refractivity contribution is 0.125. The maximum absolute atomic E-state index is 13.1. The quantitative estimate of drug-likeness (QED) is 0.874. The first-order valence-electron chi connectivity index (χ1n) is 8.13. The standard InChI is InChI=1S/C19H23NO3S/c1-3-23-13-19(20)17(15-11-9-14(2)10-12-15)18(19)24(21,22)16-7-5-4-6-8-16/h4-12,17-18H,3,13,20H2,1-2H3/t17-,18+,19-/m1/s1. The minimum Gasteiger partial charge on any atom is -0.380 e. The molecule has 1 fully saturated rings. The van der Waals surface area contributed by atoms with Crippen molar-refractivity contribution >= 4 is 9.84 Å². The van der Waals surface area contributed by atoms with Crippen molar-refractivity contribution in [3.05, 3.63) is 65.7 Å². The van der Waals surface area contributed by atoms with Crippen LogP contribution in [0.3, 0.4) is 0 Å². The third kappa shape index (κ3) is 2.88. The zero-order valence-corrected chi connectivity index (χ0v) is 14.8. The Bertz CT molecular complexity index is 802. The number of benzene rings is 2. The first-order valence-corrected chi connectivity index (χ1v) is 9.68. The minimum absolute atomic E-state index is 0.235. The van der Waals surface area contributed by atoms with Crippen LogP contribution in [0.4, 0.5) is 0 Å². The molecule has 1 saturated carbocycles. The van der Waals surface area contributed by atoms with Crippen molar-refractivity contribution in [2.24, 2.45) is 5.73 Å². The summed E-state index contributed by atoms with van der Waals surface area (Å²) in [6.45, 7) is 4.63. The van der Waals surface area contributed by atoms with E-state index in [4.69, 9.17) is 10.5 Å². The van der Waals surface area contributed by atoms with Gasteiger partial charge < -0.3 is 10.5 Å². The molecule has 0 saturated heterocycles. The predicted molar refractivity (Wildman–Crippen MR) is 94.7 cm³/mol. The van der Waals surface area contributed by atoms with Gasteiger partial charge in [0.15, 0.2) is 9.84 Å². The van der Waals surface area contributed by atoms with Crippen molar-refractivity contribution in [2.75, 3.05) is 13.2 Å². The highest BCUT2D eigenvalue weighted by molar-refractivity contribution is 7.92. The molecule has 0 heterocycles. The van der Waals surface area contributed by atoms with Gasteiger partial charge in [-0.3, -0.25) is 0 Å². The topological polar surface area (TPSA) is 69.4 Å². The molecule has 2 aromatic rings. The molecule has 0 spiro atoms. The summed E-state index contributed by atoms with van der Waals surface area (Å²) in [5.41, 5.74) is 7.71. The molecule has 5 heteroatoms. The number of sulfone groups is 1. The van der Waals surface area contributed by atoms with Gasteiger partial charge >= 0.3 is 0 Å². The van der Waals surface area contributed by atoms with Crippen LogP contribution in [0.5, 0.6) is 0 Å². The second-order valence-electron chi connectivity index (χ2n) is 6.42. The van der Waals surface area contributed by atoms with Gasteiger partial charge in [0, 0.05) is 12.5 Å². The summed E-state index contributed by atoms with van der Waals surface area (Å²) in [5.74, 6) is -0.255. The SMILES string of the molecule is CCOC[C@@]1(N)[C@H](c2ccc(C)cc2)[C@@H]1S(=O)(=O)c1ccccc1. The summed E-state index contributed by atoms with van der Waals surface area (Å²) < 4.78 is 31.7. The van der Waals surface area contributed by atoms with Crippen LogP contribution in [-0.4, -0.2) is 32.4 Å². The molecular weight excluding hydrogens is 322 g/mol. The van der Waals surface area contributed by atoms with Crippen LogP contribution in [-0.2, 0) is 14.6 Å². The molecule has 0 unspecified atom stereocenters. The van der Waals surface area contributed by atoms with E-state index in [1.807, 2.05) is 38.1 Å². The maximum atomic E-state index is 13.1. The lowest BCUT2D eigenvalue weighted by Gasteiger charge is -2.12. The Morgan fingerprint density at radius 1 is 1.08 bits per heavy atom. The summed E-state index contributed by atoms with van der Waals surface area (Å²) in [4.78, 5) is 0.316. The van der Waals surface area contributed by atoms with Gasteiger partial charge in [0.25, 0.3) is 0 Å². The zero-order chi connectivity index (χ0) is 17.4. The Hall–Kier alpha value is -1.69. The second-order valence-corrected chi connectivity index (χ2v) is 8.49. The Morgan fingerprint density at radius 2 is 1.71 bits per heavy atom. The highest BCUT2D eigenvalue weighted by Gasteiger charge is 2.69. The van der Waals surface area contributed by atoms with Gasteiger partial charge in [0.05, 0.1) is 22.3 Å². The van der Waals surface area contributed by atoms with Crippen LogP contribution in [0.1, 0.15) is 24.0 Å². The van der Waals surface area contributed by atoms with Crippen LogP contribution in [0.15, 0.2) is 59.5 Å². The van der Waals surface area contributed by atoms with Gasteiger partial charge in [-0.1, -0.05) is 48.0 Å². The van der Waals surface area contributed by atoms with Gasteiger partial charge in [0.2, 0.25) is 0 Å². The molecule has 1 aliphatic rings. The lowest BCUT2D eigenvalue weighted by atomic mass is 10.1. The van der Waals surface area contributed by atoms with E-state index >= 15 is 0 Å². The molecule has 3 atom stereocenters. The molecule has 2 N–H and O–H groups in total. The van der Waals surface area contributed by atoms with Crippen molar-refractivity contribution in [1.29, 1.82) is 0 Å². The van der Waals surface area contributed by atoms with E-state index in [1.54, 1.807) is 30.3 Å². The smallest absolute Gasteiger partial charge is 0.183 e. The normalized spacial score (nSPS) is 26.3. The molecule has 0 bridgehead atoms. The molecule has 4 nitrogen and oxygen atoms in total. The lowest BCUT2D eigenvalue weighted by Crippen LogP contribution is -2.36. The van der Waals surface area contributed by atoms with E-state index in [9.17, 15) is 8.42 Å². The van der Waals surface area contributed by atoms with Crippen molar-refractivity contribution in [2.45, 2.75) is 35.4 Å². The number of nitrogens with two attached hydrogens (primary N) is 1. The first-order chi connectivity index (χ1) is 11.4. The summed E-state index contributed by atoms with van der Waals surface area (Å²) in [6.07, 6.45) is 0. The number of hydrogen-bond acceptors (Lipinski definition) is 4. The summed E-state index contributed by atoms with van der Waals surface area (Å²) in [5, 5.41) is -0.665. The van der Waals surface area contributed by atoms with Gasteiger partial charge in [-0.25, -0.2) is 8.42 Å². The fraction of sp³-hybridized carbons (Fsp3) is 0.368. The van der Waals surface area contributed by atoms with E-state index in [0.717, 1.165) is 11.1 Å². The van der Waals surface area contributed by atoms with Crippen molar-refractivity contribution in [3.8, 4) is 0 Å². The molecule has 128 valence electrons. The van der Waals surface area contributed by atoms with Crippen molar-refractivity contribution in [3.63, 3.8) is 0 Å². The number of hydrogen-bond donors (Lipinski definition) is 1. The van der Waals surface area contributed by atoms with Crippen molar-refractivity contribution < 1.29 is 13.2 Å². The highest BCUT2D eigenvalue weighted by Crippen LogP contribution is 2.55. The Labute approximate surface area is 143 Å². The maximum Gasteiger partial charge on any atom is 0.183 e. The molecule has 0 aliphatic heterocycles. The molecule has 3 rings (SSSR count). The average molecular weight is 345 g/mol. The molecule has 24 heavy (non-hydrogen) atoms. The Kier molecular flexibility index (Phi) is 4.51. The van der Waals surface area contributed by atoms with Crippen LogP contribution in [0.2, 0.25) is 0 Å². The summed E-state index contributed by atoms with van der Waals surface area (Å²) in [7, 11) is -3.52. The molecule has 0 amide bonds. The van der Waals surface area contributed by atoms with E-state index in [1.165, 1.54) is 0 Å². The Morgan fingerprint density at radius 3 is 2.29 bits per heavy atom. The first kappa shape index (κ1) is 17.1. The van der Waals surface area contributed by atoms with E-state index < -0.39 is 20.6 Å². The van der Waals surface area contributed by atoms with Crippen molar-refractivity contribution in [1.82, 2.24) is 0 Å². The van der Waals surface area contributed by atoms with Gasteiger partial charge in [-0.2, -0.15) is 0 Å². The molecule has 0 aromatic heterocycles. The predicted octanol–water partition coefficient (Wildman–Crippen LogP) is 2.67. The van der Waals surface area contributed by atoms with Crippen LogP contribution in [0, 0.1) is 6.92 Å². The number of rotatable bonds is 6. The molecule has 0 radical (unpaired) electrons. The fourth-order valence-electron chi connectivity index (χ4n) is 3.36. The number of ether oxygens (including phenoxy) is 1. The van der Waals surface area contributed by atoms with Crippen LogP contribution in [0.25, 0.3) is 0 Å². The van der Waals surface area contributed by atoms with E-state index in [2.05, 4.69) is 0 Å². The molecule has 1 aliphatic carbocycles. The van der Waals surface area contributed by atoms with Gasteiger partial charge in [-0.15, -0.1) is 0 Å². The number of aryl methyl sites for hydroxylation is 1. The fourth-order valence-corrected chi connectivity index (χ4v) is 5.67. The highest BCUT2D eigenvalue weighted by atomic mass is 32.2. The van der Waals surface area contributed by atoms with Gasteiger partial charge in [-0.05, 0) is 31.5 Å². The van der Waals surface area contributed by atoms with Crippen LogP contribution >= 0.6 is 0 Å². The van der Waals surface area contributed by atoms with Crippen LogP contribution < -0.4 is 5.73 Å². The van der Waals surface area contributed by atoms with E-state index in [0.29, 0.717) is 11.5 Å². The molecule has 2 aromatic carbocycles. The third-order valence-electron chi connectivity index (χ3n) is 4.70. The van der Waals surface area contributed by atoms with E-state index in [-0.39, 0.29) is 12.5 Å². The minimum atomic E-state index is -3.52. The van der Waals surface area contributed by atoms with Gasteiger partial charge in [0.1, 0.15) is 0 Å². The molecular formula is C19H23NO3S. The summed E-state index contributed by atoms with van der Waals surface area (Å²) >= 11 is 0. The zero-order valence-electron chi connectivity index (χ0n) is 14.0. The average Bonchev–Trinajstić information content (AvgIpc) is 3.21. The Balaban J connectivity index is 1.99. The summed E-state index contributed by atoms with van der Waals surface area (Å²) in [6, 6.07) is 16.4. The monoisotopic (exact) mass is 345 g/mol.